The molecule has 0 unspecified atom stereocenters. The van der Waals surface area contributed by atoms with Crippen LogP contribution >= 0.6 is 0 Å². The minimum absolute atomic E-state index is 0.360. The SMILES string of the molecule is COC(=O)[C@H](CCCCN=C(N(C)C)N(C)C)NC(=O)[C@H](C)N. The molecule has 0 rings (SSSR count). The number of esters is 1. The molecule has 0 radical (unpaired) electrons. The molecular formula is C15H31N5O3. The fraction of sp³-hybridized carbons (Fsp3) is 0.800. The number of rotatable bonds is 8. The van der Waals surface area contributed by atoms with Crippen LogP contribution in [0.1, 0.15) is 26.2 Å². The van der Waals surface area contributed by atoms with E-state index in [1.54, 1.807) is 6.92 Å². The van der Waals surface area contributed by atoms with E-state index in [9.17, 15) is 9.59 Å². The Labute approximate surface area is 139 Å². The lowest BCUT2D eigenvalue weighted by molar-refractivity contribution is -0.145. The van der Waals surface area contributed by atoms with Crippen molar-refractivity contribution >= 4 is 17.8 Å². The minimum Gasteiger partial charge on any atom is -0.467 e. The van der Waals surface area contributed by atoms with E-state index in [0.717, 1.165) is 18.8 Å². The van der Waals surface area contributed by atoms with Gasteiger partial charge in [-0.3, -0.25) is 9.79 Å². The van der Waals surface area contributed by atoms with Gasteiger partial charge in [-0.1, -0.05) is 0 Å². The summed E-state index contributed by atoms with van der Waals surface area (Å²) in [5.74, 6) is 0.0745. The van der Waals surface area contributed by atoms with Gasteiger partial charge in [-0.25, -0.2) is 4.79 Å². The predicted molar refractivity (Wildman–Crippen MR) is 91.1 cm³/mol. The Morgan fingerprint density at radius 1 is 1.17 bits per heavy atom. The lowest BCUT2D eigenvalue weighted by atomic mass is 10.1. The van der Waals surface area contributed by atoms with Crippen LogP contribution in [0.25, 0.3) is 0 Å². The van der Waals surface area contributed by atoms with Crippen LogP contribution in [0.5, 0.6) is 0 Å². The first-order valence-electron chi connectivity index (χ1n) is 7.73. The third-order valence-corrected chi connectivity index (χ3v) is 3.17. The Hall–Kier alpha value is -1.83. The fourth-order valence-electron chi connectivity index (χ4n) is 2.02. The summed E-state index contributed by atoms with van der Waals surface area (Å²) < 4.78 is 4.72. The number of hydrogen-bond acceptors (Lipinski definition) is 5. The Morgan fingerprint density at radius 2 is 1.74 bits per heavy atom. The summed E-state index contributed by atoms with van der Waals surface area (Å²) in [5, 5.41) is 2.61. The maximum atomic E-state index is 11.7. The van der Waals surface area contributed by atoms with Crippen LogP contribution in [0, 0.1) is 0 Å². The zero-order valence-electron chi connectivity index (χ0n) is 15.1. The third-order valence-electron chi connectivity index (χ3n) is 3.17. The topological polar surface area (TPSA) is 100 Å². The number of amides is 1. The second kappa shape index (κ2) is 10.8. The number of nitrogens with one attached hydrogen (secondary N) is 1. The highest BCUT2D eigenvalue weighted by atomic mass is 16.5. The molecule has 3 N–H and O–H groups in total. The lowest BCUT2D eigenvalue weighted by Gasteiger charge is -2.22. The molecule has 0 aromatic heterocycles. The van der Waals surface area contributed by atoms with Gasteiger partial charge in [-0.15, -0.1) is 0 Å². The number of aliphatic imine (C=N–C) groups is 1. The highest BCUT2D eigenvalue weighted by Crippen LogP contribution is 2.04. The second-order valence-corrected chi connectivity index (χ2v) is 5.84. The molecule has 0 aliphatic heterocycles. The van der Waals surface area contributed by atoms with Gasteiger partial charge < -0.3 is 25.6 Å². The van der Waals surface area contributed by atoms with Crippen molar-refractivity contribution in [3.8, 4) is 0 Å². The fourth-order valence-corrected chi connectivity index (χ4v) is 2.02. The average molecular weight is 329 g/mol. The summed E-state index contributed by atoms with van der Waals surface area (Å²) in [7, 11) is 9.06. The standard InChI is InChI=1S/C15H31N5O3/c1-11(16)13(21)18-12(14(22)23-6)9-7-8-10-17-15(19(2)3)20(4)5/h11-12H,7-10,16H2,1-6H3,(H,18,21)/t11-,12-/m0/s1. The van der Waals surface area contributed by atoms with E-state index in [2.05, 4.69) is 10.3 Å². The Morgan fingerprint density at radius 3 is 2.17 bits per heavy atom. The van der Waals surface area contributed by atoms with Crippen LogP contribution < -0.4 is 11.1 Å². The zero-order chi connectivity index (χ0) is 18.0. The van der Waals surface area contributed by atoms with E-state index < -0.39 is 18.1 Å². The van der Waals surface area contributed by atoms with Gasteiger partial charge in [-0.2, -0.15) is 0 Å². The smallest absolute Gasteiger partial charge is 0.328 e. The van der Waals surface area contributed by atoms with E-state index >= 15 is 0 Å². The Bertz CT molecular complexity index is 398. The summed E-state index contributed by atoms with van der Waals surface area (Å²) in [6.45, 7) is 2.23. The van der Waals surface area contributed by atoms with Crippen molar-refractivity contribution in [2.45, 2.75) is 38.3 Å². The van der Waals surface area contributed by atoms with Crippen molar-refractivity contribution in [3.63, 3.8) is 0 Å². The first-order chi connectivity index (χ1) is 10.7. The van der Waals surface area contributed by atoms with Crippen molar-refractivity contribution in [3.05, 3.63) is 0 Å². The van der Waals surface area contributed by atoms with Gasteiger partial charge in [0.05, 0.1) is 13.2 Å². The van der Waals surface area contributed by atoms with Gasteiger partial charge in [-0.05, 0) is 26.2 Å². The highest BCUT2D eigenvalue weighted by molar-refractivity contribution is 5.87. The minimum atomic E-state index is -0.662. The molecule has 0 aromatic carbocycles. The molecule has 0 aromatic rings. The normalized spacial score (nSPS) is 12.8. The van der Waals surface area contributed by atoms with E-state index in [1.165, 1.54) is 7.11 Å². The number of nitrogens with two attached hydrogens (primary N) is 1. The molecule has 1 amide bonds. The number of carbonyl (C=O) groups excluding carboxylic acids is 2. The van der Waals surface area contributed by atoms with Gasteiger partial charge in [0.15, 0.2) is 5.96 Å². The van der Waals surface area contributed by atoms with Crippen LogP contribution in [0.3, 0.4) is 0 Å². The average Bonchev–Trinajstić information content (AvgIpc) is 2.47. The molecule has 0 heterocycles. The van der Waals surface area contributed by atoms with Crippen LogP contribution in [-0.2, 0) is 14.3 Å². The largest absolute Gasteiger partial charge is 0.467 e. The summed E-state index contributed by atoms with van der Waals surface area (Å²) >= 11 is 0. The van der Waals surface area contributed by atoms with Crippen LogP contribution in [0.4, 0.5) is 0 Å². The Kier molecular flexibility index (Phi) is 9.96. The van der Waals surface area contributed by atoms with Crippen molar-refractivity contribution in [2.24, 2.45) is 10.7 Å². The first kappa shape index (κ1) is 21.2. The molecule has 0 aliphatic carbocycles. The molecular weight excluding hydrogens is 298 g/mol. The number of hydrogen-bond donors (Lipinski definition) is 2. The number of nitrogens with zero attached hydrogens (tertiary/aromatic N) is 3. The zero-order valence-corrected chi connectivity index (χ0v) is 15.1. The van der Waals surface area contributed by atoms with Crippen molar-refractivity contribution in [1.82, 2.24) is 15.1 Å². The molecule has 2 atom stereocenters. The third kappa shape index (κ3) is 8.39. The molecule has 8 heteroatoms. The van der Waals surface area contributed by atoms with Crippen molar-refractivity contribution in [1.29, 1.82) is 0 Å². The van der Waals surface area contributed by atoms with E-state index in [1.807, 2.05) is 38.0 Å². The van der Waals surface area contributed by atoms with Crippen LogP contribution in [0.2, 0.25) is 0 Å². The molecule has 0 saturated heterocycles. The Balaban J connectivity index is 4.40. The lowest BCUT2D eigenvalue weighted by Crippen LogP contribution is -2.47. The summed E-state index contributed by atoms with van der Waals surface area (Å²) in [6.07, 6.45) is 2.06. The molecule has 8 nitrogen and oxygen atoms in total. The molecule has 23 heavy (non-hydrogen) atoms. The number of ether oxygens (including phenoxy) is 1. The maximum absolute atomic E-state index is 11.7. The van der Waals surface area contributed by atoms with E-state index in [-0.39, 0.29) is 5.91 Å². The van der Waals surface area contributed by atoms with Gasteiger partial charge in [0.2, 0.25) is 5.91 Å². The summed E-state index contributed by atoms with van der Waals surface area (Å²) in [4.78, 5) is 31.7. The van der Waals surface area contributed by atoms with Crippen molar-refractivity contribution < 1.29 is 14.3 Å². The predicted octanol–water partition coefficient (Wildman–Crippen LogP) is -0.359. The number of carbonyl (C=O) groups is 2. The molecule has 134 valence electrons. The van der Waals surface area contributed by atoms with Gasteiger partial charge >= 0.3 is 5.97 Å². The van der Waals surface area contributed by atoms with Crippen LogP contribution in [-0.4, -0.2) is 81.6 Å². The van der Waals surface area contributed by atoms with Crippen molar-refractivity contribution in [2.75, 3.05) is 41.8 Å². The summed E-state index contributed by atoms with van der Waals surface area (Å²) in [6, 6.07) is -1.32. The monoisotopic (exact) mass is 329 g/mol. The van der Waals surface area contributed by atoms with Gasteiger partial charge in [0.25, 0.3) is 0 Å². The first-order valence-corrected chi connectivity index (χ1v) is 7.73. The molecule has 0 saturated carbocycles. The molecule has 0 fully saturated rings. The summed E-state index contributed by atoms with van der Waals surface area (Å²) in [5.41, 5.74) is 5.50. The number of methoxy groups -OCH3 is 1. The van der Waals surface area contributed by atoms with Gasteiger partial charge in [0, 0.05) is 34.7 Å². The van der Waals surface area contributed by atoms with Gasteiger partial charge in [0.1, 0.15) is 6.04 Å². The number of guanidine groups is 1. The van der Waals surface area contributed by atoms with E-state index in [4.69, 9.17) is 10.5 Å². The number of unbranched alkanes of at least 4 members (excludes halogenated alkanes) is 1. The molecule has 0 spiro atoms. The quantitative estimate of drug-likeness (QED) is 0.273. The van der Waals surface area contributed by atoms with Crippen LogP contribution in [0.15, 0.2) is 4.99 Å². The second-order valence-electron chi connectivity index (χ2n) is 5.84. The molecule has 0 aliphatic rings. The highest BCUT2D eigenvalue weighted by Gasteiger charge is 2.22. The maximum Gasteiger partial charge on any atom is 0.328 e. The van der Waals surface area contributed by atoms with E-state index in [0.29, 0.717) is 13.0 Å². The molecule has 0 bridgehead atoms.